The molecule has 0 heterocycles. The van der Waals surface area contributed by atoms with Gasteiger partial charge in [0.2, 0.25) is 0 Å². The minimum Gasteiger partial charge on any atom is -0.409 e. The summed E-state index contributed by atoms with van der Waals surface area (Å²) in [6, 6.07) is 4.22. The lowest BCUT2D eigenvalue weighted by molar-refractivity contribution is 0.317. The number of hydrogen-bond donors (Lipinski definition) is 2. The van der Waals surface area contributed by atoms with Gasteiger partial charge in [-0.25, -0.2) is 4.39 Å². The van der Waals surface area contributed by atoms with Gasteiger partial charge < -0.3 is 10.9 Å². The van der Waals surface area contributed by atoms with E-state index in [1.807, 2.05) is 0 Å². The Bertz CT molecular complexity index is 341. The first kappa shape index (κ1) is 9.80. The molecule has 5 heteroatoms. The van der Waals surface area contributed by atoms with Crippen LogP contribution < -0.4 is 5.73 Å². The molecule has 0 saturated heterocycles. The van der Waals surface area contributed by atoms with Gasteiger partial charge in [-0.05, 0) is 17.7 Å². The van der Waals surface area contributed by atoms with Gasteiger partial charge in [0.1, 0.15) is 11.7 Å². The van der Waals surface area contributed by atoms with Crippen molar-refractivity contribution in [1.82, 2.24) is 0 Å². The van der Waals surface area contributed by atoms with Gasteiger partial charge >= 0.3 is 0 Å². The Balaban J connectivity index is 2.90. The Hall–Kier alpha value is -1.29. The van der Waals surface area contributed by atoms with Crippen LogP contribution in [0.3, 0.4) is 0 Å². The summed E-state index contributed by atoms with van der Waals surface area (Å²) in [5.74, 6) is -0.500. The van der Waals surface area contributed by atoms with E-state index >= 15 is 0 Å². The fourth-order valence-corrected chi connectivity index (χ4v) is 1.05. The molecular weight excluding hydrogens is 195 g/mol. The highest BCUT2D eigenvalue weighted by molar-refractivity contribution is 6.30. The summed E-state index contributed by atoms with van der Waals surface area (Å²) in [7, 11) is 0. The summed E-state index contributed by atoms with van der Waals surface area (Å²) in [6.07, 6.45) is 0.0690. The van der Waals surface area contributed by atoms with Crippen LogP contribution in [0.5, 0.6) is 0 Å². The van der Waals surface area contributed by atoms with E-state index in [2.05, 4.69) is 5.16 Å². The summed E-state index contributed by atoms with van der Waals surface area (Å²) < 4.78 is 13.1. The van der Waals surface area contributed by atoms with Gasteiger partial charge in [-0.15, -0.1) is 0 Å². The molecule has 3 nitrogen and oxygen atoms in total. The number of rotatable bonds is 2. The van der Waals surface area contributed by atoms with Crippen LogP contribution in [0.25, 0.3) is 0 Å². The average molecular weight is 203 g/mol. The molecule has 13 heavy (non-hydrogen) atoms. The predicted octanol–water partition coefficient (Wildman–Crippen LogP) is 1.77. The Morgan fingerprint density at radius 1 is 1.62 bits per heavy atom. The van der Waals surface area contributed by atoms with Crippen molar-refractivity contribution in [2.24, 2.45) is 10.9 Å². The number of nitrogens with two attached hydrogens (primary N) is 1. The number of amidine groups is 1. The van der Waals surface area contributed by atoms with Gasteiger partial charge in [0, 0.05) is 11.4 Å². The molecule has 0 amide bonds. The largest absolute Gasteiger partial charge is 0.409 e. The molecule has 3 N–H and O–H groups in total. The monoisotopic (exact) mass is 202 g/mol. The fraction of sp³-hybridized carbons (Fsp3) is 0.125. The van der Waals surface area contributed by atoms with Crippen molar-refractivity contribution in [3.8, 4) is 0 Å². The Labute approximate surface area is 79.6 Å². The SMILES string of the molecule is NC(Cc1ccc(Cl)cc1F)=NO. The zero-order chi connectivity index (χ0) is 9.84. The van der Waals surface area contributed by atoms with E-state index in [0.717, 1.165) is 0 Å². The van der Waals surface area contributed by atoms with Crippen molar-refractivity contribution in [2.75, 3.05) is 0 Å². The Morgan fingerprint density at radius 3 is 2.85 bits per heavy atom. The minimum absolute atomic E-state index is 0.0405. The maximum atomic E-state index is 13.1. The van der Waals surface area contributed by atoms with Crippen LogP contribution in [-0.4, -0.2) is 11.0 Å². The van der Waals surface area contributed by atoms with Crippen LogP contribution in [-0.2, 0) is 6.42 Å². The van der Waals surface area contributed by atoms with Gasteiger partial charge in [-0.2, -0.15) is 0 Å². The van der Waals surface area contributed by atoms with E-state index in [1.54, 1.807) is 6.07 Å². The lowest BCUT2D eigenvalue weighted by atomic mass is 10.1. The molecule has 0 fully saturated rings. The van der Waals surface area contributed by atoms with Crippen molar-refractivity contribution in [3.63, 3.8) is 0 Å². The highest BCUT2D eigenvalue weighted by Crippen LogP contribution is 2.14. The zero-order valence-electron chi connectivity index (χ0n) is 6.67. The topological polar surface area (TPSA) is 58.6 Å². The molecule has 70 valence electrons. The molecule has 1 rings (SSSR count). The van der Waals surface area contributed by atoms with E-state index in [0.29, 0.717) is 10.6 Å². The van der Waals surface area contributed by atoms with E-state index in [9.17, 15) is 4.39 Å². The number of hydrogen-bond acceptors (Lipinski definition) is 2. The molecule has 0 aliphatic heterocycles. The molecular formula is C8H8ClFN2O. The minimum atomic E-state index is -0.459. The van der Waals surface area contributed by atoms with Crippen LogP contribution in [0.2, 0.25) is 5.02 Å². The normalized spacial score (nSPS) is 11.7. The van der Waals surface area contributed by atoms with Gasteiger partial charge in [-0.3, -0.25) is 0 Å². The van der Waals surface area contributed by atoms with Gasteiger partial charge in [0.15, 0.2) is 0 Å². The third-order valence-electron chi connectivity index (χ3n) is 1.52. The van der Waals surface area contributed by atoms with E-state index in [-0.39, 0.29) is 12.3 Å². The summed E-state index contributed by atoms with van der Waals surface area (Å²) in [6.45, 7) is 0. The van der Waals surface area contributed by atoms with Gasteiger partial charge in [0.05, 0.1) is 0 Å². The molecule has 0 aliphatic carbocycles. The summed E-state index contributed by atoms with van der Waals surface area (Å²) >= 11 is 5.54. The van der Waals surface area contributed by atoms with Crippen molar-refractivity contribution in [1.29, 1.82) is 0 Å². The van der Waals surface area contributed by atoms with E-state index < -0.39 is 5.82 Å². The van der Waals surface area contributed by atoms with Gasteiger partial charge in [0.25, 0.3) is 0 Å². The second-order valence-corrected chi connectivity index (χ2v) is 2.94. The van der Waals surface area contributed by atoms with Crippen molar-refractivity contribution >= 4 is 17.4 Å². The quantitative estimate of drug-likeness (QED) is 0.332. The average Bonchev–Trinajstić information content (AvgIpc) is 2.09. The second kappa shape index (κ2) is 4.09. The lowest BCUT2D eigenvalue weighted by Gasteiger charge is -2.01. The van der Waals surface area contributed by atoms with Crippen LogP contribution in [0.4, 0.5) is 4.39 Å². The van der Waals surface area contributed by atoms with Crippen molar-refractivity contribution < 1.29 is 9.60 Å². The first-order valence-electron chi connectivity index (χ1n) is 3.54. The smallest absolute Gasteiger partial charge is 0.143 e. The van der Waals surface area contributed by atoms with E-state index in [4.69, 9.17) is 22.5 Å². The molecule has 0 aliphatic rings. The van der Waals surface area contributed by atoms with Gasteiger partial charge in [-0.1, -0.05) is 22.8 Å². The number of benzene rings is 1. The molecule has 1 aromatic carbocycles. The summed E-state index contributed by atoms with van der Waals surface area (Å²) in [5, 5.41) is 11.3. The Kier molecular flexibility index (Phi) is 3.08. The molecule has 0 saturated carbocycles. The first-order valence-corrected chi connectivity index (χ1v) is 3.91. The van der Waals surface area contributed by atoms with Crippen LogP contribution >= 0.6 is 11.6 Å². The highest BCUT2D eigenvalue weighted by atomic mass is 35.5. The molecule has 0 atom stereocenters. The standard InChI is InChI=1S/C8H8ClFN2O/c9-6-2-1-5(7(10)4-6)3-8(11)12-13/h1-2,4,13H,3H2,(H2,11,12). The highest BCUT2D eigenvalue weighted by Gasteiger charge is 2.04. The third kappa shape index (κ3) is 2.59. The third-order valence-corrected chi connectivity index (χ3v) is 1.75. The first-order chi connectivity index (χ1) is 6.13. The maximum Gasteiger partial charge on any atom is 0.143 e. The molecule has 1 aromatic rings. The molecule has 0 radical (unpaired) electrons. The van der Waals surface area contributed by atoms with Crippen molar-refractivity contribution in [3.05, 3.63) is 34.6 Å². The molecule has 0 spiro atoms. The number of halogens is 2. The molecule has 0 aromatic heterocycles. The number of oxime groups is 1. The molecule has 0 unspecified atom stereocenters. The van der Waals surface area contributed by atoms with Crippen molar-refractivity contribution in [2.45, 2.75) is 6.42 Å². The van der Waals surface area contributed by atoms with E-state index in [1.165, 1.54) is 12.1 Å². The van der Waals surface area contributed by atoms with Crippen LogP contribution in [0, 0.1) is 5.82 Å². The number of nitrogens with zero attached hydrogens (tertiary/aromatic N) is 1. The second-order valence-electron chi connectivity index (χ2n) is 2.50. The summed E-state index contributed by atoms with van der Waals surface area (Å²) in [4.78, 5) is 0. The van der Waals surface area contributed by atoms with Crippen LogP contribution in [0.15, 0.2) is 23.4 Å². The Morgan fingerprint density at radius 2 is 2.31 bits per heavy atom. The predicted molar refractivity (Wildman–Crippen MR) is 48.5 cm³/mol. The lowest BCUT2D eigenvalue weighted by Crippen LogP contribution is -2.15. The molecule has 0 bridgehead atoms. The summed E-state index contributed by atoms with van der Waals surface area (Å²) in [5.41, 5.74) is 5.56. The van der Waals surface area contributed by atoms with Crippen LogP contribution in [0.1, 0.15) is 5.56 Å². The maximum absolute atomic E-state index is 13.1. The fourth-order valence-electron chi connectivity index (χ4n) is 0.896. The zero-order valence-corrected chi connectivity index (χ0v) is 7.42.